The number of hydrogen-bond donors (Lipinski definition) is 1. The van der Waals surface area contributed by atoms with Crippen molar-refractivity contribution in [2.75, 3.05) is 6.54 Å². The van der Waals surface area contributed by atoms with Gasteiger partial charge in [0.25, 0.3) is 0 Å². The van der Waals surface area contributed by atoms with Gasteiger partial charge in [0.05, 0.1) is 11.1 Å². The monoisotopic (exact) mass is 945 g/mol. The molecule has 59 heavy (non-hydrogen) atoms. The van der Waals surface area contributed by atoms with Crippen LogP contribution in [0, 0.1) is 5.92 Å². The molecule has 330 valence electrons. The van der Waals surface area contributed by atoms with E-state index < -0.39 is 36.2 Å². The number of carboxylic acid groups (broad SMARTS) is 1. The number of esters is 2. The number of halogens is 2. The van der Waals surface area contributed by atoms with Gasteiger partial charge in [0, 0.05) is 21.9 Å². The number of likely N-dealkylation sites (tertiary alicyclic amines) is 1. The van der Waals surface area contributed by atoms with Crippen molar-refractivity contribution in [1.82, 2.24) is 4.90 Å². The van der Waals surface area contributed by atoms with Crippen LogP contribution >= 0.6 is 31.9 Å². The smallest absolute Gasteiger partial charge is 0.338 e. The molecule has 1 amide bonds. The molecule has 8 nitrogen and oxygen atoms in total. The molecule has 0 radical (unpaired) electrons. The van der Waals surface area contributed by atoms with Crippen LogP contribution in [0.3, 0.4) is 0 Å². The number of piperidine rings is 1. The molecule has 1 N–H and O–H groups in total. The molecule has 3 rings (SSSR count). The van der Waals surface area contributed by atoms with Gasteiger partial charge in [-0.05, 0) is 106 Å². The first-order valence-electron chi connectivity index (χ1n) is 23.0. The standard InChI is InChI=1S/C49H73Br2NO7/c1-3-4-5-16-23-38(2)24-17-14-15-19-27-45(59-49(57)40-31-35-42(51)36-32-40)44(58-48(56)39-29-33-41(50)34-30-39)26-18-12-10-8-6-7-9-11-13-20-28-46(53)52-37-22-21-25-43(52)47(54)55/h29-36,38,43-45H,3-28,37H2,1-2H3,(H,54,55)/t38-,43+,44+,45-/m0/s1. The predicted molar refractivity (Wildman–Crippen MR) is 245 cm³/mol. The maximum absolute atomic E-state index is 13.5. The zero-order valence-corrected chi connectivity index (χ0v) is 39.3. The Bertz CT molecular complexity index is 1480. The molecule has 2 aromatic rings. The predicted octanol–water partition coefficient (Wildman–Crippen LogP) is 14.1. The molecule has 0 unspecified atom stereocenters. The van der Waals surface area contributed by atoms with Gasteiger partial charge in [-0.1, -0.05) is 155 Å². The summed E-state index contributed by atoms with van der Waals surface area (Å²) in [5.41, 5.74) is 0.948. The number of unbranched alkanes of at least 4 members (excludes halogenated alkanes) is 15. The molecule has 4 atom stereocenters. The van der Waals surface area contributed by atoms with Crippen molar-refractivity contribution in [3.63, 3.8) is 0 Å². The summed E-state index contributed by atoms with van der Waals surface area (Å²) in [6.07, 6.45) is 25.5. The van der Waals surface area contributed by atoms with Gasteiger partial charge in [0.15, 0.2) is 0 Å². The van der Waals surface area contributed by atoms with E-state index >= 15 is 0 Å². The van der Waals surface area contributed by atoms with Gasteiger partial charge in [0.2, 0.25) is 5.91 Å². The molecule has 1 aliphatic rings. The van der Waals surface area contributed by atoms with Crippen LogP contribution in [0.15, 0.2) is 57.5 Å². The molecule has 1 fully saturated rings. The Morgan fingerprint density at radius 1 is 0.610 bits per heavy atom. The van der Waals surface area contributed by atoms with Crippen molar-refractivity contribution in [2.24, 2.45) is 5.92 Å². The lowest BCUT2D eigenvalue weighted by Crippen LogP contribution is -2.47. The Morgan fingerprint density at radius 2 is 1.02 bits per heavy atom. The third-order valence-corrected chi connectivity index (χ3v) is 12.9. The Hall–Kier alpha value is -2.72. The van der Waals surface area contributed by atoms with E-state index in [9.17, 15) is 24.3 Å². The molecule has 1 saturated heterocycles. The second kappa shape index (κ2) is 30.3. The number of nitrogens with zero attached hydrogens (tertiary/aromatic N) is 1. The van der Waals surface area contributed by atoms with Crippen LogP contribution in [-0.2, 0) is 19.1 Å². The molecule has 0 aliphatic carbocycles. The SMILES string of the molecule is CCCCCC[C@H](C)CCCCCC[C@H](OC(=O)c1ccc(Br)cc1)[C@@H](CCCCCCCCCCCCC(=O)N1CCCC[C@@H]1C(=O)O)OC(=O)c1ccc(Br)cc1. The quantitative estimate of drug-likeness (QED) is 0.0592. The van der Waals surface area contributed by atoms with Crippen molar-refractivity contribution >= 4 is 55.7 Å². The molecule has 0 bridgehead atoms. The summed E-state index contributed by atoms with van der Waals surface area (Å²) in [6, 6.07) is 13.7. The average Bonchev–Trinajstić information content (AvgIpc) is 3.23. The summed E-state index contributed by atoms with van der Waals surface area (Å²) < 4.78 is 14.2. The van der Waals surface area contributed by atoms with Gasteiger partial charge in [-0.25, -0.2) is 14.4 Å². The first-order valence-corrected chi connectivity index (χ1v) is 24.6. The van der Waals surface area contributed by atoms with Crippen molar-refractivity contribution in [3.05, 3.63) is 68.6 Å². The first kappa shape index (κ1) is 50.6. The molecular weight excluding hydrogens is 874 g/mol. The van der Waals surface area contributed by atoms with Crippen molar-refractivity contribution < 1.29 is 33.8 Å². The number of benzene rings is 2. The second-order valence-corrected chi connectivity index (χ2v) is 18.7. The number of hydrogen-bond acceptors (Lipinski definition) is 6. The van der Waals surface area contributed by atoms with E-state index in [0.717, 1.165) is 111 Å². The summed E-state index contributed by atoms with van der Waals surface area (Å²) in [7, 11) is 0. The number of ether oxygens (including phenoxy) is 2. The van der Waals surface area contributed by atoms with Crippen LogP contribution in [0.4, 0.5) is 0 Å². The number of carbonyl (C=O) groups excluding carboxylic acids is 3. The maximum Gasteiger partial charge on any atom is 0.338 e. The maximum atomic E-state index is 13.5. The normalized spacial score (nSPS) is 15.7. The van der Waals surface area contributed by atoms with Crippen LogP contribution in [-0.4, -0.2) is 58.6 Å². The summed E-state index contributed by atoms with van der Waals surface area (Å²) in [5.74, 6) is -0.945. The highest BCUT2D eigenvalue weighted by Gasteiger charge is 2.32. The fourth-order valence-electron chi connectivity index (χ4n) is 8.15. The number of carbonyl (C=O) groups is 4. The minimum atomic E-state index is -0.884. The van der Waals surface area contributed by atoms with Crippen LogP contribution in [0.25, 0.3) is 0 Å². The summed E-state index contributed by atoms with van der Waals surface area (Å²) in [4.78, 5) is 52.7. The fourth-order valence-corrected chi connectivity index (χ4v) is 8.68. The Morgan fingerprint density at radius 3 is 1.46 bits per heavy atom. The van der Waals surface area contributed by atoms with Crippen molar-refractivity contribution in [1.29, 1.82) is 0 Å². The molecular formula is C49H73Br2NO7. The highest BCUT2D eigenvalue weighted by molar-refractivity contribution is 9.10. The first-order chi connectivity index (χ1) is 28.6. The second-order valence-electron chi connectivity index (χ2n) is 16.9. The van der Waals surface area contributed by atoms with Crippen LogP contribution in [0.1, 0.15) is 202 Å². The van der Waals surface area contributed by atoms with Crippen LogP contribution in [0.2, 0.25) is 0 Å². The largest absolute Gasteiger partial charge is 0.480 e. The number of aliphatic carboxylic acids is 1. The van der Waals surface area contributed by atoms with Gasteiger partial charge < -0.3 is 19.5 Å². The van der Waals surface area contributed by atoms with E-state index in [0.29, 0.717) is 43.4 Å². The lowest BCUT2D eigenvalue weighted by Gasteiger charge is -2.33. The van der Waals surface area contributed by atoms with E-state index in [2.05, 4.69) is 45.7 Å². The average molecular weight is 948 g/mol. The van der Waals surface area contributed by atoms with E-state index in [1.807, 2.05) is 24.3 Å². The molecule has 1 aliphatic heterocycles. The van der Waals surface area contributed by atoms with Crippen molar-refractivity contribution in [2.45, 2.75) is 199 Å². The molecule has 10 heteroatoms. The number of carboxylic acids is 1. The van der Waals surface area contributed by atoms with Crippen molar-refractivity contribution in [3.8, 4) is 0 Å². The van der Waals surface area contributed by atoms with Crippen LogP contribution < -0.4 is 0 Å². The van der Waals surface area contributed by atoms with E-state index in [4.69, 9.17) is 9.47 Å². The summed E-state index contributed by atoms with van der Waals surface area (Å²) >= 11 is 6.91. The van der Waals surface area contributed by atoms with Gasteiger partial charge in [-0.15, -0.1) is 0 Å². The third kappa shape index (κ3) is 21.1. The van der Waals surface area contributed by atoms with E-state index in [-0.39, 0.29) is 5.91 Å². The Balaban J connectivity index is 1.47. The zero-order chi connectivity index (χ0) is 42.7. The van der Waals surface area contributed by atoms with E-state index in [1.165, 1.54) is 44.9 Å². The van der Waals surface area contributed by atoms with Gasteiger partial charge >= 0.3 is 17.9 Å². The van der Waals surface area contributed by atoms with Gasteiger partial charge in [-0.3, -0.25) is 4.79 Å². The van der Waals surface area contributed by atoms with Crippen LogP contribution in [0.5, 0.6) is 0 Å². The fraction of sp³-hybridized carbons (Fsp3) is 0.673. The van der Waals surface area contributed by atoms with Gasteiger partial charge in [0.1, 0.15) is 18.2 Å². The number of rotatable bonds is 31. The topological polar surface area (TPSA) is 110 Å². The molecule has 0 aromatic heterocycles. The molecule has 1 heterocycles. The highest BCUT2D eigenvalue weighted by Crippen LogP contribution is 2.25. The third-order valence-electron chi connectivity index (χ3n) is 11.8. The summed E-state index contributed by atoms with van der Waals surface area (Å²) in [6.45, 7) is 5.19. The molecule has 0 spiro atoms. The lowest BCUT2D eigenvalue weighted by atomic mass is 9.95. The van der Waals surface area contributed by atoms with Gasteiger partial charge in [-0.2, -0.15) is 0 Å². The summed E-state index contributed by atoms with van der Waals surface area (Å²) in [5, 5.41) is 9.47. The minimum Gasteiger partial charge on any atom is -0.480 e. The van der Waals surface area contributed by atoms with E-state index in [1.54, 1.807) is 29.2 Å². The highest BCUT2D eigenvalue weighted by atomic mass is 79.9. The minimum absolute atomic E-state index is 0.0136. The Kier molecular flexibility index (Phi) is 26.0. The zero-order valence-electron chi connectivity index (χ0n) is 36.1. The Labute approximate surface area is 372 Å². The molecule has 2 aromatic carbocycles. The number of amides is 1. The lowest BCUT2D eigenvalue weighted by molar-refractivity contribution is -0.152. The molecule has 0 saturated carbocycles.